The van der Waals surface area contributed by atoms with Crippen molar-refractivity contribution in [3.05, 3.63) is 33.4 Å². The molecule has 0 saturated carbocycles. The van der Waals surface area contributed by atoms with Crippen molar-refractivity contribution < 1.29 is 13.2 Å². The molecule has 0 aromatic carbocycles. The van der Waals surface area contributed by atoms with Gasteiger partial charge in [0.15, 0.2) is 5.65 Å². The fraction of sp³-hybridized carbons (Fsp3) is 0.632. The lowest BCUT2D eigenvalue weighted by molar-refractivity contribution is -0.135. The standard InChI is InChI=1S/C19H27N5O4S/c1-12(2)18(25)22-9-7-14-13(11-22)19(26)24-17(20-14)10-15(21-24)16-6-4-5-8-23(16)29(3,27)28/h10,12,16,21H,4-9,11H2,1-3H3/t16-/m0/s1. The van der Waals surface area contributed by atoms with Crippen molar-refractivity contribution in [3.63, 3.8) is 0 Å². The molecule has 9 nitrogen and oxygen atoms in total. The number of nitrogens with one attached hydrogen (secondary N) is 1. The van der Waals surface area contributed by atoms with Crippen LogP contribution in [-0.2, 0) is 27.8 Å². The summed E-state index contributed by atoms with van der Waals surface area (Å²) in [7, 11) is -3.35. The van der Waals surface area contributed by atoms with Gasteiger partial charge >= 0.3 is 0 Å². The molecule has 2 aliphatic heterocycles. The van der Waals surface area contributed by atoms with Crippen molar-refractivity contribution in [1.82, 2.24) is 23.8 Å². The molecule has 0 radical (unpaired) electrons. The summed E-state index contributed by atoms with van der Waals surface area (Å²) in [5.74, 6) is -0.0975. The number of aromatic nitrogens is 3. The minimum atomic E-state index is -3.35. The van der Waals surface area contributed by atoms with Gasteiger partial charge in [-0.3, -0.25) is 14.7 Å². The summed E-state index contributed by atoms with van der Waals surface area (Å²) < 4.78 is 27.3. The predicted octanol–water partition coefficient (Wildman–Crippen LogP) is 1.05. The van der Waals surface area contributed by atoms with Gasteiger partial charge in [0.2, 0.25) is 15.9 Å². The molecule has 2 aromatic heterocycles. The lowest BCUT2D eigenvalue weighted by atomic mass is 10.0. The second kappa shape index (κ2) is 7.24. The van der Waals surface area contributed by atoms with Crippen LogP contribution in [0.2, 0.25) is 0 Å². The number of sulfonamides is 1. The van der Waals surface area contributed by atoms with Crippen molar-refractivity contribution in [2.75, 3.05) is 19.3 Å². The SMILES string of the molecule is CC(C)C(=O)N1CCc2nc3cc([C@@H]4CCCCN4S(C)(=O)=O)[nH]n3c(=O)c2C1. The Labute approximate surface area is 169 Å². The van der Waals surface area contributed by atoms with Crippen LogP contribution in [0.1, 0.15) is 56.1 Å². The molecule has 1 fully saturated rings. The van der Waals surface area contributed by atoms with E-state index in [1.54, 1.807) is 11.0 Å². The lowest BCUT2D eigenvalue weighted by Gasteiger charge is -2.32. The Kier molecular flexibility index (Phi) is 5.02. The average Bonchev–Trinajstić information content (AvgIpc) is 3.11. The van der Waals surface area contributed by atoms with Crippen molar-refractivity contribution in [3.8, 4) is 0 Å². The first-order chi connectivity index (χ1) is 13.7. The van der Waals surface area contributed by atoms with Crippen molar-refractivity contribution in [1.29, 1.82) is 0 Å². The smallest absolute Gasteiger partial charge is 0.277 e. The van der Waals surface area contributed by atoms with Crippen LogP contribution in [0.25, 0.3) is 5.65 Å². The molecule has 2 aliphatic rings. The first kappa shape index (κ1) is 20.1. The number of hydrogen-bond donors (Lipinski definition) is 1. The number of carbonyl (C=O) groups excluding carboxylic acids is 1. The third-order valence-corrected chi connectivity index (χ3v) is 7.11. The van der Waals surface area contributed by atoms with E-state index in [0.717, 1.165) is 18.5 Å². The molecule has 10 heteroatoms. The molecule has 1 N–H and O–H groups in total. The number of H-pyrrole nitrogens is 1. The van der Waals surface area contributed by atoms with E-state index in [1.807, 2.05) is 13.8 Å². The molecule has 29 heavy (non-hydrogen) atoms. The van der Waals surface area contributed by atoms with Gasteiger partial charge in [-0.05, 0) is 12.8 Å². The maximum atomic E-state index is 13.1. The number of amides is 1. The van der Waals surface area contributed by atoms with Gasteiger partial charge < -0.3 is 4.90 Å². The molecule has 1 saturated heterocycles. The zero-order valence-corrected chi connectivity index (χ0v) is 17.8. The van der Waals surface area contributed by atoms with Crippen LogP contribution in [0, 0.1) is 5.92 Å². The molecule has 4 rings (SSSR count). The highest BCUT2D eigenvalue weighted by Crippen LogP contribution is 2.32. The van der Waals surface area contributed by atoms with Crippen LogP contribution in [0.5, 0.6) is 0 Å². The molecule has 2 aromatic rings. The second-order valence-electron chi connectivity index (χ2n) is 8.30. The molecule has 0 unspecified atom stereocenters. The molecule has 0 bridgehead atoms. The molecular formula is C19H27N5O4S. The quantitative estimate of drug-likeness (QED) is 0.797. The van der Waals surface area contributed by atoms with E-state index in [1.165, 1.54) is 15.1 Å². The van der Waals surface area contributed by atoms with Crippen LogP contribution in [0.15, 0.2) is 10.9 Å². The van der Waals surface area contributed by atoms with E-state index < -0.39 is 10.0 Å². The fourth-order valence-corrected chi connectivity index (χ4v) is 5.48. The van der Waals surface area contributed by atoms with E-state index >= 15 is 0 Å². The zero-order chi connectivity index (χ0) is 20.9. The van der Waals surface area contributed by atoms with Crippen molar-refractivity contribution >= 4 is 21.6 Å². The van der Waals surface area contributed by atoms with Crippen LogP contribution >= 0.6 is 0 Å². The summed E-state index contributed by atoms with van der Waals surface area (Å²) in [4.78, 5) is 31.8. The Morgan fingerprint density at radius 3 is 2.72 bits per heavy atom. The molecule has 1 atom stereocenters. The van der Waals surface area contributed by atoms with Gasteiger partial charge in [0.25, 0.3) is 5.56 Å². The molecule has 4 heterocycles. The number of rotatable bonds is 3. The van der Waals surface area contributed by atoms with Gasteiger partial charge in [0.1, 0.15) is 0 Å². The highest BCUT2D eigenvalue weighted by atomic mass is 32.2. The minimum Gasteiger partial charge on any atom is -0.337 e. The molecule has 1 amide bonds. The number of hydrogen-bond acceptors (Lipinski definition) is 5. The molecule has 158 valence electrons. The summed E-state index contributed by atoms with van der Waals surface area (Å²) >= 11 is 0. The summed E-state index contributed by atoms with van der Waals surface area (Å²) in [5, 5.41) is 3.08. The fourth-order valence-electron chi connectivity index (χ4n) is 4.34. The third-order valence-electron chi connectivity index (χ3n) is 5.83. The zero-order valence-electron chi connectivity index (χ0n) is 17.0. The number of nitrogens with zero attached hydrogens (tertiary/aromatic N) is 4. The maximum Gasteiger partial charge on any atom is 0.277 e. The van der Waals surface area contributed by atoms with Gasteiger partial charge in [-0.1, -0.05) is 20.3 Å². The number of aromatic amines is 1. The van der Waals surface area contributed by atoms with Crippen LogP contribution < -0.4 is 5.56 Å². The third kappa shape index (κ3) is 3.59. The Balaban J connectivity index is 1.74. The summed E-state index contributed by atoms with van der Waals surface area (Å²) in [6.07, 6.45) is 4.22. The lowest BCUT2D eigenvalue weighted by Crippen LogP contribution is -2.42. The monoisotopic (exact) mass is 421 g/mol. The molecule has 0 spiro atoms. The van der Waals surface area contributed by atoms with Crippen molar-refractivity contribution in [2.24, 2.45) is 5.92 Å². The normalized spacial score (nSPS) is 21.0. The topological polar surface area (TPSA) is 108 Å². The molecular weight excluding hydrogens is 394 g/mol. The summed E-state index contributed by atoms with van der Waals surface area (Å²) in [5.41, 5.74) is 2.19. The second-order valence-corrected chi connectivity index (χ2v) is 10.2. The Morgan fingerprint density at radius 2 is 2.03 bits per heavy atom. The highest BCUT2D eigenvalue weighted by Gasteiger charge is 2.33. The molecule has 0 aliphatic carbocycles. The van der Waals surface area contributed by atoms with Crippen LogP contribution in [0.4, 0.5) is 0 Å². The highest BCUT2D eigenvalue weighted by molar-refractivity contribution is 7.88. The maximum absolute atomic E-state index is 13.1. The Morgan fingerprint density at radius 1 is 1.28 bits per heavy atom. The predicted molar refractivity (Wildman–Crippen MR) is 108 cm³/mol. The van der Waals surface area contributed by atoms with Gasteiger partial charge in [0, 0.05) is 31.5 Å². The van der Waals surface area contributed by atoms with E-state index in [9.17, 15) is 18.0 Å². The van der Waals surface area contributed by atoms with Crippen LogP contribution in [-0.4, -0.2) is 57.5 Å². The average molecular weight is 422 g/mol. The van der Waals surface area contributed by atoms with Crippen LogP contribution in [0.3, 0.4) is 0 Å². The van der Waals surface area contributed by atoms with E-state index in [0.29, 0.717) is 42.8 Å². The van der Waals surface area contributed by atoms with Gasteiger partial charge in [0.05, 0.1) is 35.8 Å². The Bertz CT molecular complexity index is 1120. The Hall–Kier alpha value is -2.20. The van der Waals surface area contributed by atoms with Gasteiger partial charge in [-0.15, -0.1) is 0 Å². The largest absolute Gasteiger partial charge is 0.337 e. The van der Waals surface area contributed by atoms with E-state index in [4.69, 9.17) is 0 Å². The summed E-state index contributed by atoms with van der Waals surface area (Å²) in [6.45, 7) is 4.98. The minimum absolute atomic E-state index is 0.0262. The van der Waals surface area contributed by atoms with E-state index in [-0.39, 0.29) is 30.0 Å². The number of piperidine rings is 1. The first-order valence-corrected chi connectivity index (χ1v) is 11.9. The number of carbonyl (C=O) groups is 1. The van der Waals surface area contributed by atoms with Gasteiger partial charge in [-0.25, -0.2) is 17.9 Å². The first-order valence-electron chi connectivity index (χ1n) is 10.1. The van der Waals surface area contributed by atoms with Crippen molar-refractivity contribution in [2.45, 2.75) is 52.1 Å². The van der Waals surface area contributed by atoms with Gasteiger partial charge in [-0.2, -0.15) is 4.31 Å². The summed E-state index contributed by atoms with van der Waals surface area (Å²) in [6, 6.07) is 1.46. The number of fused-ring (bicyclic) bond motifs is 2. The van der Waals surface area contributed by atoms with E-state index in [2.05, 4.69) is 10.1 Å².